The first kappa shape index (κ1) is 12.4. The molecule has 2 aromatic heterocycles. The topological polar surface area (TPSA) is 42.7 Å². The van der Waals surface area contributed by atoms with E-state index >= 15 is 0 Å². The van der Waals surface area contributed by atoms with Gasteiger partial charge in [0.05, 0.1) is 13.2 Å². The SMILES string of the molecule is COc1ccn2nc(C3CCCN3C(C)C)nc2c1. The third-order valence-corrected chi connectivity index (χ3v) is 3.82. The van der Waals surface area contributed by atoms with Crippen molar-refractivity contribution in [3.05, 3.63) is 24.2 Å². The van der Waals surface area contributed by atoms with Crippen LogP contribution in [-0.4, -0.2) is 39.2 Å². The van der Waals surface area contributed by atoms with Gasteiger partial charge in [-0.2, -0.15) is 0 Å². The van der Waals surface area contributed by atoms with Gasteiger partial charge in [-0.3, -0.25) is 4.90 Å². The number of hydrogen-bond donors (Lipinski definition) is 0. The molecule has 5 nitrogen and oxygen atoms in total. The van der Waals surface area contributed by atoms with Gasteiger partial charge in [0.15, 0.2) is 11.5 Å². The first-order chi connectivity index (χ1) is 9.19. The summed E-state index contributed by atoms with van der Waals surface area (Å²) in [6, 6.07) is 4.71. The molecule has 3 rings (SSSR count). The number of methoxy groups -OCH3 is 1. The maximum atomic E-state index is 5.22. The highest BCUT2D eigenvalue weighted by atomic mass is 16.5. The molecule has 0 saturated carbocycles. The molecule has 1 aliphatic heterocycles. The Hall–Kier alpha value is -1.62. The summed E-state index contributed by atoms with van der Waals surface area (Å²) in [7, 11) is 1.67. The highest BCUT2D eigenvalue weighted by Crippen LogP contribution is 2.31. The monoisotopic (exact) mass is 260 g/mol. The predicted molar refractivity (Wildman–Crippen MR) is 73.4 cm³/mol. The third kappa shape index (κ3) is 2.18. The molecule has 0 radical (unpaired) electrons. The van der Waals surface area contributed by atoms with Crippen LogP contribution >= 0.6 is 0 Å². The lowest BCUT2D eigenvalue weighted by Crippen LogP contribution is -2.30. The zero-order chi connectivity index (χ0) is 13.4. The van der Waals surface area contributed by atoms with E-state index in [4.69, 9.17) is 4.74 Å². The molecule has 0 bridgehead atoms. The molecule has 1 aliphatic rings. The van der Waals surface area contributed by atoms with Gasteiger partial charge in [-0.05, 0) is 39.3 Å². The second-order valence-electron chi connectivity index (χ2n) is 5.33. The van der Waals surface area contributed by atoms with Crippen LogP contribution in [0.1, 0.15) is 38.6 Å². The summed E-state index contributed by atoms with van der Waals surface area (Å²) in [4.78, 5) is 7.14. The molecule has 1 fully saturated rings. The number of ether oxygens (including phenoxy) is 1. The van der Waals surface area contributed by atoms with E-state index in [9.17, 15) is 0 Å². The van der Waals surface area contributed by atoms with Crippen LogP contribution in [0.2, 0.25) is 0 Å². The minimum atomic E-state index is 0.353. The quantitative estimate of drug-likeness (QED) is 0.849. The summed E-state index contributed by atoms with van der Waals surface area (Å²) in [5.41, 5.74) is 0.852. The smallest absolute Gasteiger partial charge is 0.168 e. The molecule has 5 heteroatoms. The number of nitrogens with zero attached hydrogens (tertiary/aromatic N) is 4. The molecule has 2 aromatic rings. The Morgan fingerprint density at radius 1 is 1.42 bits per heavy atom. The molecule has 0 N–H and O–H groups in total. The lowest BCUT2D eigenvalue weighted by atomic mass is 10.2. The number of hydrogen-bond acceptors (Lipinski definition) is 4. The molecule has 3 heterocycles. The van der Waals surface area contributed by atoms with Crippen LogP contribution in [0.15, 0.2) is 18.3 Å². The van der Waals surface area contributed by atoms with E-state index in [1.54, 1.807) is 7.11 Å². The van der Waals surface area contributed by atoms with E-state index in [0.29, 0.717) is 12.1 Å². The van der Waals surface area contributed by atoms with Crippen molar-refractivity contribution in [2.75, 3.05) is 13.7 Å². The molecule has 1 atom stereocenters. The number of fused-ring (bicyclic) bond motifs is 1. The fraction of sp³-hybridized carbons (Fsp3) is 0.571. The van der Waals surface area contributed by atoms with Gasteiger partial charge in [0.1, 0.15) is 5.75 Å². The van der Waals surface area contributed by atoms with Gasteiger partial charge >= 0.3 is 0 Å². The molecule has 19 heavy (non-hydrogen) atoms. The number of aromatic nitrogens is 3. The first-order valence-corrected chi connectivity index (χ1v) is 6.85. The maximum absolute atomic E-state index is 5.22. The van der Waals surface area contributed by atoms with Crippen molar-refractivity contribution in [1.82, 2.24) is 19.5 Å². The summed E-state index contributed by atoms with van der Waals surface area (Å²) >= 11 is 0. The zero-order valence-corrected chi connectivity index (χ0v) is 11.7. The summed E-state index contributed by atoms with van der Waals surface area (Å²) in [6.45, 7) is 5.61. The van der Waals surface area contributed by atoms with Crippen LogP contribution in [0.25, 0.3) is 5.65 Å². The van der Waals surface area contributed by atoms with Crippen molar-refractivity contribution in [2.45, 2.75) is 38.8 Å². The highest BCUT2D eigenvalue weighted by Gasteiger charge is 2.30. The Balaban J connectivity index is 1.96. The van der Waals surface area contributed by atoms with E-state index in [2.05, 4.69) is 28.8 Å². The largest absolute Gasteiger partial charge is 0.497 e. The molecule has 0 spiro atoms. The van der Waals surface area contributed by atoms with Gasteiger partial charge < -0.3 is 4.74 Å². The van der Waals surface area contributed by atoms with Crippen LogP contribution in [0.5, 0.6) is 5.75 Å². The Morgan fingerprint density at radius 3 is 3.00 bits per heavy atom. The third-order valence-electron chi connectivity index (χ3n) is 3.82. The van der Waals surface area contributed by atoms with Gasteiger partial charge in [0.2, 0.25) is 0 Å². The molecule has 0 aromatic carbocycles. The summed E-state index contributed by atoms with van der Waals surface area (Å²) in [5.74, 6) is 1.75. The molecule has 1 saturated heterocycles. The van der Waals surface area contributed by atoms with Crippen LogP contribution in [0.4, 0.5) is 0 Å². The van der Waals surface area contributed by atoms with Crippen molar-refractivity contribution >= 4 is 5.65 Å². The molecule has 0 aliphatic carbocycles. The Kier molecular flexibility index (Phi) is 3.14. The fourth-order valence-electron chi connectivity index (χ4n) is 2.83. The second kappa shape index (κ2) is 4.81. The van der Waals surface area contributed by atoms with E-state index in [1.165, 1.54) is 6.42 Å². The minimum Gasteiger partial charge on any atom is -0.497 e. The lowest BCUT2D eigenvalue weighted by Gasteiger charge is -2.25. The maximum Gasteiger partial charge on any atom is 0.168 e. The summed E-state index contributed by atoms with van der Waals surface area (Å²) in [6.07, 6.45) is 4.27. The second-order valence-corrected chi connectivity index (χ2v) is 5.33. The Labute approximate surface area is 113 Å². The Bertz CT molecular complexity index is 578. The first-order valence-electron chi connectivity index (χ1n) is 6.85. The van der Waals surface area contributed by atoms with Crippen LogP contribution in [0.3, 0.4) is 0 Å². The number of likely N-dealkylation sites (tertiary alicyclic amines) is 1. The average Bonchev–Trinajstić information content (AvgIpc) is 3.03. The minimum absolute atomic E-state index is 0.353. The van der Waals surface area contributed by atoms with Gasteiger partial charge in [-0.1, -0.05) is 0 Å². The van der Waals surface area contributed by atoms with Crippen molar-refractivity contribution in [1.29, 1.82) is 0 Å². The molecule has 1 unspecified atom stereocenters. The van der Waals surface area contributed by atoms with E-state index in [1.807, 2.05) is 22.8 Å². The highest BCUT2D eigenvalue weighted by molar-refractivity contribution is 5.43. The summed E-state index contributed by atoms with van der Waals surface area (Å²) in [5, 5.41) is 4.61. The van der Waals surface area contributed by atoms with Crippen molar-refractivity contribution < 1.29 is 4.74 Å². The van der Waals surface area contributed by atoms with Crippen molar-refractivity contribution in [2.24, 2.45) is 0 Å². The molecule has 102 valence electrons. The van der Waals surface area contributed by atoms with Gasteiger partial charge in [0, 0.05) is 18.3 Å². The standard InChI is InChI=1S/C14H20N4O/c1-10(2)17-7-4-5-12(17)14-15-13-9-11(19-3)6-8-18(13)16-14/h6,8-10,12H,4-5,7H2,1-3H3. The van der Waals surface area contributed by atoms with E-state index < -0.39 is 0 Å². The zero-order valence-electron chi connectivity index (χ0n) is 11.7. The number of pyridine rings is 1. The molecular formula is C14H20N4O. The van der Waals surface area contributed by atoms with E-state index in [-0.39, 0.29) is 0 Å². The van der Waals surface area contributed by atoms with Gasteiger partial charge in [-0.15, -0.1) is 5.10 Å². The average molecular weight is 260 g/mol. The van der Waals surface area contributed by atoms with Crippen molar-refractivity contribution in [3.8, 4) is 5.75 Å². The fourth-order valence-corrected chi connectivity index (χ4v) is 2.83. The molecule has 0 amide bonds. The Morgan fingerprint density at radius 2 is 2.26 bits per heavy atom. The number of rotatable bonds is 3. The van der Waals surface area contributed by atoms with Crippen LogP contribution in [0, 0.1) is 0 Å². The lowest BCUT2D eigenvalue weighted by molar-refractivity contribution is 0.199. The summed E-state index contributed by atoms with van der Waals surface area (Å²) < 4.78 is 7.05. The predicted octanol–water partition coefficient (Wildman–Crippen LogP) is 2.28. The molecular weight excluding hydrogens is 240 g/mol. The normalized spacial score (nSPS) is 20.5. The van der Waals surface area contributed by atoms with Crippen molar-refractivity contribution in [3.63, 3.8) is 0 Å². The van der Waals surface area contributed by atoms with E-state index in [0.717, 1.165) is 30.2 Å². The van der Waals surface area contributed by atoms with Crippen LogP contribution in [-0.2, 0) is 0 Å². The van der Waals surface area contributed by atoms with Crippen LogP contribution < -0.4 is 4.74 Å². The van der Waals surface area contributed by atoms with Gasteiger partial charge in [-0.25, -0.2) is 9.50 Å². The van der Waals surface area contributed by atoms with Gasteiger partial charge in [0.25, 0.3) is 0 Å².